The molecule has 2 N–H and O–H groups in total. The molecule has 1 fully saturated rings. The fourth-order valence-electron chi connectivity index (χ4n) is 1.96. The SMILES string of the molecule is CCNc1ncc(C(=O)N2CCC(O)C2)cc1Cl. The zero-order chi connectivity index (χ0) is 13.1. The molecular formula is C12H16ClN3O2. The molecule has 2 heterocycles. The number of anilines is 1. The molecule has 1 aromatic rings. The van der Waals surface area contributed by atoms with Crippen LogP contribution in [0.25, 0.3) is 0 Å². The topological polar surface area (TPSA) is 65.5 Å². The highest BCUT2D eigenvalue weighted by Gasteiger charge is 2.25. The summed E-state index contributed by atoms with van der Waals surface area (Å²) in [4.78, 5) is 17.9. The van der Waals surface area contributed by atoms with Gasteiger partial charge in [0.25, 0.3) is 5.91 Å². The average Bonchev–Trinajstić information content (AvgIpc) is 2.78. The minimum Gasteiger partial charge on any atom is -0.391 e. The Labute approximate surface area is 111 Å². The zero-order valence-corrected chi connectivity index (χ0v) is 10.9. The number of pyridine rings is 1. The molecular weight excluding hydrogens is 254 g/mol. The van der Waals surface area contributed by atoms with Crippen molar-refractivity contribution in [2.75, 3.05) is 25.0 Å². The molecule has 5 nitrogen and oxygen atoms in total. The van der Waals surface area contributed by atoms with Crippen LogP contribution in [0.5, 0.6) is 0 Å². The Kier molecular flexibility index (Phi) is 4.04. The van der Waals surface area contributed by atoms with Crippen molar-refractivity contribution in [3.63, 3.8) is 0 Å². The fraction of sp³-hybridized carbons (Fsp3) is 0.500. The van der Waals surface area contributed by atoms with Crippen LogP contribution in [0.3, 0.4) is 0 Å². The summed E-state index contributed by atoms with van der Waals surface area (Å²) in [7, 11) is 0. The molecule has 0 spiro atoms. The molecule has 98 valence electrons. The van der Waals surface area contributed by atoms with Crippen molar-refractivity contribution in [2.24, 2.45) is 0 Å². The van der Waals surface area contributed by atoms with E-state index in [-0.39, 0.29) is 5.91 Å². The van der Waals surface area contributed by atoms with Crippen molar-refractivity contribution in [1.29, 1.82) is 0 Å². The number of carbonyl (C=O) groups is 1. The highest BCUT2D eigenvalue weighted by atomic mass is 35.5. The van der Waals surface area contributed by atoms with Gasteiger partial charge in [-0.3, -0.25) is 4.79 Å². The summed E-state index contributed by atoms with van der Waals surface area (Å²) in [5.41, 5.74) is 0.454. The second kappa shape index (κ2) is 5.54. The number of halogens is 1. The molecule has 1 atom stereocenters. The maximum atomic E-state index is 12.1. The molecule has 1 unspecified atom stereocenters. The van der Waals surface area contributed by atoms with Gasteiger partial charge in [0.1, 0.15) is 5.82 Å². The van der Waals surface area contributed by atoms with Crippen LogP contribution in [0.15, 0.2) is 12.3 Å². The summed E-state index contributed by atoms with van der Waals surface area (Å²) in [5, 5.41) is 12.9. The highest BCUT2D eigenvalue weighted by Crippen LogP contribution is 2.21. The van der Waals surface area contributed by atoms with Gasteiger partial charge in [0.15, 0.2) is 0 Å². The highest BCUT2D eigenvalue weighted by molar-refractivity contribution is 6.33. The quantitative estimate of drug-likeness (QED) is 0.870. The number of amides is 1. The largest absolute Gasteiger partial charge is 0.391 e. The number of carbonyl (C=O) groups excluding carboxylic acids is 1. The van der Waals surface area contributed by atoms with Crippen molar-refractivity contribution < 1.29 is 9.90 Å². The number of aliphatic hydroxyl groups excluding tert-OH is 1. The van der Waals surface area contributed by atoms with E-state index in [1.54, 1.807) is 11.0 Å². The number of nitrogens with zero attached hydrogens (tertiary/aromatic N) is 2. The fourth-order valence-corrected chi connectivity index (χ4v) is 2.19. The van der Waals surface area contributed by atoms with E-state index in [0.29, 0.717) is 35.9 Å². The van der Waals surface area contributed by atoms with E-state index in [2.05, 4.69) is 10.3 Å². The zero-order valence-electron chi connectivity index (χ0n) is 10.2. The third-order valence-corrected chi connectivity index (χ3v) is 3.17. The molecule has 0 radical (unpaired) electrons. The Balaban J connectivity index is 2.13. The lowest BCUT2D eigenvalue weighted by Crippen LogP contribution is -2.29. The Hall–Kier alpha value is -1.33. The van der Waals surface area contributed by atoms with Gasteiger partial charge in [-0.15, -0.1) is 0 Å². The van der Waals surface area contributed by atoms with Crippen LogP contribution >= 0.6 is 11.6 Å². The lowest BCUT2D eigenvalue weighted by molar-refractivity contribution is 0.0764. The molecule has 0 bridgehead atoms. The van der Waals surface area contributed by atoms with E-state index < -0.39 is 6.10 Å². The minimum absolute atomic E-state index is 0.135. The van der Waals surface area contributed by atoms with E-state index >= 15 is 0 Å². The van der Waals surface area contributed by atoms with Crippen LogP contribution < -0.4 is 5.32 Å². The van der Waals surface area contributed by atoms with Crippen LogP contribution in [0, 0.1) is 0 Å². The molecule has 2 rings (SSSR count). The smallest absolute Gasteiger partial charge is 0.255 e. The van der Waals surface area contributed by atoms with Gasteiger partial charge in [0, 0.05) is 25.8 Å². The van der Waals surface area contributed by atoms with Crippen molar-refractivity contribution in [1.82, 2.24) is 9.88 Å². The van der Waals surface area contributed by atoms with Crippen LogP contribution in [0.1, 0.15) is 23.7 Å². The molecule has 18 heavy (non-hydrogen) atoms. The summed E-state index contributed by atoms with van der Waals surface area (Å²) in [5.74, 6) is 0.446. The first kappa shape index (κ1) is 13.1. The van der Waals surface area contributed by atoms with Crippen molar-refractivity contribution >= 4 is 23.3 Å². The summed E-state index contributed by atoms with van der Waals surface area (Å²) >= 11 is 6.04. The summed E-state index contributed by atoms with van der Waals surface area (Å²) < 4.78 is 0. The Morgan fingerprint density at radius 1 is 1.72 bits per heavy atom. The van der Waals surface area contributed by atoms with E-state index in [0.717, 1.165) is 6.54 Å². The second-order valence-corrected chi connectivity index (χ2v) is 4.69. The van der Waals surface area contributed by atoms with E-state index in [1.807, 2.05) is 6.92 Å². The maximum absolute atomic E-state index is 12.1. The Morgan fingerprint density at radius 3 is 3.06 bits per heavy atom. The number of aromatic nitrogens is 1. The van der Waals surface area contributed by atoms with Gasteiger partial charge in [-0.1, -0.05) is 11.6 Å². The monoisotopic (exact) mass is 269 g/mol. The molecule has 1 amide bonds. The number of hydrogen-bond acceptors (Lipinski definition) is 4. The van der Waals surface area contributed by atoms with Crippen molar-refractivity contribution in [3.05, 3.63) is 22.8 Å². The number of likely N-dealkylation sites (tertiary alicyclic amines) is 1. The second-order valence-electron chi connectivity index (χ2n) is 4.28. The lowest BCUT2D eigenvalue weighted by atomic mass is 10.2. The number of nitrogens with one attached hydrogen (secondary N) is 1. The number of aliphatic hydroxyl groups is 1. The minimum atomic E-state index is -0.418. The first-order chi connectivity index (χ1) is 8.61. The number of hydrogen-bond donors (Lipinski definition) is 2. The molecule has 6 heteroatoms. The molecule has 0 aromatic carbocycles. The number of rotatable bonds is 3. The van der Waals surface area contributed by atoms with Gasteiger partial charge in [0.05, 0.1) is 16.7 Å². The third-order valence-electron chi connectivity index (χ3n) is 2.88. The normalized spacial score (nSPS) is 19.1. The van der Waals surface area contributed by atoms with Crippen LogP contribution in [0.2, 0.25) is 5.02 Å². The van der Waals surface area contributed by atoms with Crippen molar-refractivity contribution in [3.8, 4) is 0 Å². The van der Waals surface area contributed by atoms with Gasteiger partial charge in [-0.25, -0.2) is 4.98 Å². The van der Waals surface area contributed by atoms with Gasteiger partial charge in [-0.2, -0.15) is 0 Å². The number of β-amino-alcohol motifs (C(OH)–C–C–N with tert-alkyl or cyclic N) is 1. The molecule has 0 saturated carbocycles. The molecule has 1 aliphatic rings. The van der Waals surface area contributed by atoms with Crippen molar-refractivity contribution in [2.45, 2.75) is 19.4 Å². The van der Waals surface area contributed by atoms with Crippen LogP contribution in [-0.2, 0) is 0 Å². The van der Waals surface area contributed by atoms with Gasteiger partial charge >= 0.3 is 0 Å². The summed E-state index contributed by atoms with van der Waals surface area (Å²) in [6.07, 6.45) is 1.72. The van der Waals surface area contributed by atoms with Crippen LogP contribution in [0.4, 0.5) is 5.82 Å². The molecule has 1 aliphatic heterocycles. The molecule has 1 saturated heterocycles. The van der Waals surface area contributed by atoms with Gasteiger partial charge in [-0.05, 0) is 19.4 Å². The molecule has 1 aromatic heterocycles. The van der Waals surface area contributed by atoms with E-state index in [4.69, 9.17) is 11.6 Å². The lowest BCUT2D eigenvalue weighted by Gasteiger charge is -2.15. The standard InChI is InChI=1S/C12H16ClN3O2/c1-2-14-11-10(13)5-8(6-15-11)12(18)16-4-3-9(17)7-16/h5-6,9,17H,2-4,7H2,1H3,(H,14,15). The summed E-state index contributed by atoms with van der Waals surface area (Å²) in [6.45, 7) is 3.62. The Bertz CT molecular complexity index is 453. The molecule has 0 aliphatic carbocycles. The summed E-state index contributed by atoms with van der Waals surface area (Å²) in [6, 6.07) is 1.61. The third kappa shape index (κ3) is 2.73. The predicted molar refractivity (Wildman–Crippen MR) is 69.9 cm³/mol. The first-order valence-electron chi connectivity index (χ1n) is 5.98. The average molecular weight is 270 g/mol. The Morgan fingerprint density at radius 2 is 2.50 bits per heavy atom. The van der Waals surface area contributed by atoms with Gasteiger partial charge in [0.2, 0.25) is 0 Å². The van der Waals surface area contributed by atoms with Crippen LogP contribution in [-0.4, -0.2) is 46.6 Å². The first-order valence-corrected chi connectivity index (χ1v) is 6.36. The maximum Gasteiger partial charge on any atom is 0.255 e. The van der Waals surface area contributed by atoms with E-state index in [9.17, 15) is 9.90 Å². The van der Waals surface area contributed by atoms with E-state index in [1.165, 1.54) is 6.20 Å². The predicted octanol–water partition coefficient (Wildman–Crippen LogP) is 1.37. The van der Waals surface area contributed by atoms with Gasteiger partial charge < -0.3 is 15.3 Å².